The predicted molar refractivity (Wildman–Crippen MR) is 75.3 cm³/mol. The van der Waals surface area contributed by atoms with Gasteiger partial charge in [-0.25, -0.2) is 14.5 Å². The highest BCUT2D eigenvalue weighted by atomic mass is 32.1. The molecular weight excluding hydrogens is 258 g/mol. The second kappa shape index (κ2) is 3.64. The van der Waals surface area contributed by atoms with Crippen molar-refractivity contribution in [1.29, 1.82) is 0 Å². The van der Waals surface area contributed by atoms with Gasteiger partial charge in [0.25, 0.3) is 0 Å². The van der Waals surface area contributed by atoms with Gasteiger partial charge in [-0.05, 0) is 19.1 Å². The maximum atomic E-state index is 4.64. The van der Waals surface area contributed by atoms with Gasteiger partial charge in [-0.2, -0.15) is 5.10 Å². The van der Waals surface area contributed by atoms with Gasteiger partial charge in [0, 0.05) is 7.05 Å². The number of aryl methyl sites for hydroxylation is 2. The molecule has 94 valence electrons. The summed E-state index contributed by atoms with van der Waals surface area (Å²) >= 11 is 1.58. The number of hydrogen-bond donors (Lipinski definition) is 0. The molecule has 0 amide bonds. The smallest absolute Gasteiger partial charge is 0.212 e. The first-order valence-electron chi connectivity index (χ1n) is 5.97. The van der Waals surface area contributed by atoms with Gasteiger partial charge in [-0.3, -0.25) is 0 Å². The van der Waals surface area contributed by atoms with Crippen LogP contribution in [-0.4, -0.2) is 24.1 Å². The standard InChI is InChI=1S/C13H11N5S/c1-8-16-18-7-10(15-13(18)19-8)12-14-9-5-3-4-6-11(9)17(12)2/h3-7H,1-2H3. The molecule has 0 saturated heterocycles. The summed E-state index contributed by atoms with van der Waals surface area (Å²) in [6.45, 7) is 1.98. The number of nitrogens with zero attached hydrogens (tertiary/aromatic N) is 5. The molecule has 0 aliphatic heterocycles. The lowest BCUT2D eigenvalue weighted by Gasteiger charge is -1.97. The van der Waals surface area contributed by atoms with Crippen molar-refractivity contribution in [2.45, 2.75) is 6.92 Å². The molecule has 0 aliphatic rings. The van der Waals surface area contributed by atoms with E-state index in [-0.39, 0.29) is 0 Å². The van der Waals surface area contributed by atoms with Gasteiger partial charge >= 0.3 is 0 Å². The second-order valence-electron chi connectivity index (χ2n) is 4.46. The van der Waals surface area contributed by atoms with Gasteiger partial charge in [0.1, 0.15) is 10.7 Å². The molecular formula is C13H11N5S. The van der Waals surface area contributed by atoms with Crippen molar-refractivity contribution in [1.82, 2.24) is 24.1 Å². The highest BCUT2D eigenvalue weighted by Crippen LogP contribution is 2.24. The zero-order valence-corrected chi connectivity index (χ0v) is 11.3. The molecule has 4 rings (SSSR count). The summed E-state index contributed by atoms with van der Waals surface area (Å²) in [7, 11) is 2.01. The van der Waals surface area contributed by atoms with E-state index in [9.17, 15) is 0 Å². The van der Waals surface area contributed by atoms with Crippen molar-refractivity contribution < 1.29 is 0 Å². The molecule has 3 heterocycles. The molecule has 19 heavy (non-hydrogen) atoms. The fourth-order valence-electron chi connectivity index (χ4n) is 2.28. The molecule has 0 N–H and O–H groups in total. The summed E-state index contributed by atoms with van der Waals surface area (Å²) in [5, 5.41) is 5.39. The lowest BCUT2D eigenvalue weighted by molar-refractivity contribution is 0.937. The summed E-state index contributed by atoms with van der Waals surface area (Å²) < 4.78 is 3.88. The first-order chi connectivity index (χ1) is 9.22. The topological polar surface area (TPSA) is 48.0 Å². The largest absolute Gasteiger partial charge is 0.326 e. The molecule has 3 aromatic heterocycles. The molecule has 6 heteroatoms. The Labute approximate surface area is 113 Å². The first-order valence-corrected chi connectivity index (χ1v) is 6.79. The third-order valence-corrected chi connectivity index (χ3v) is 4.00. The normalized spacial score (nSPS) is 11.7. The van der Waals surface area contributed by atoms with Crippen LogP contribution in [-0.2, 0) is 7.05 Å². The number of hydrogen-bond acceptors (Lipinski definition) is 4. The van der Waals surface area contributed by atoms with Crippen LogP contribution < -0.4 is 0 Å². The predicted octanol–water partition coefficient (Wildman–Crippen LogP) is 2.65. The van der Waals surface area contributed by atoms with Crippen molar-refractivity contribution in [3.63, 3.8) is 0 Å². The van der Waals surface area contributed by atoms with E-state index in [2.05, 4.69) is 25.7 Å². The number of fused-ring (bicyclic) bond motifs is 2. The highest BCUT2D eigenvalue weighted by molar-refractivity contribution is 7.16. The lowest BCUT2D eigenvalue weighted by atomic mass is 10.3. The van der Waals surface area contributed by atoms with E-state index < -0.39 is 0 Å². The minimum atomic E-state index is 0.859. The highest BCUT2D eigenvalue weighted by Gasteiger charge is 2.14. The van der Waals surface area contributed by atoms with E-state index in [0.29, 0.717) is 0 Å². The van der Waals surface area contributed by atoms with Gasteiger partial charge < -0.3 is 4.57 Å². The molecule has 0 saturated carbocycles. The van der Waals surface area contributed by atoms with E-state index >= 15 is 0 Å². The molecule has 0 radical (unpaired) electrons. The minimum absolute atomic E-state index is 0.859. The van der Waals surface area contributed by atoms with Gasteiger partial charge in [0.15, 0.2) is 5.82 Å². The molecule has 0 unspecified atom stereocenters. The molecule has 0 bridgehead atoms. The molecule has 4 aromatic rings. The Hall–Kier alpha value is -2.21. The van der Waals surface area contributed by atoms with Crippen LogP contribution in [0.4, 0.5) is 0 Å². The van der Waals surface area contributed by atoms with E-state index in [4.69, 9.17) is 0 Å². The van der Waals surface area contributed by atoms with E-state index in [1.165, 1.54) is 0 Å². The van der Waals surface area contributed by atoms with Crippen LogP contribution in [0.1, 0.15) is 5.01 Å². The average Bonchev–Trinajstić information content (AvgIpc) is 3.01. The van der Waals surface area contributed by atoms with Gasteiger partial charge in [-0.15, -0.1) is 0 Å². The SMILES string of the molecule is Cc1nn2cc(-c3nc4ccccc4n3C)nc2s1. The fourth-order valence-corrected chi connectivity index (χ4v) is 3.01. The van der Waals surface area contributed by atoms with Crippen molar-refractivity contribution in [2.75, 3.05) is 0 Å². The molecule has 0 atom stereocenters. The van der Waals surface area contributed by atoms with Crippen molar-refractivity contribution >= 4 is 27.3 Å². The van der Waals surface area contributed by atoms with Crippen LogP contribution in [0.15, 0.2) is 30.5 Å². The number of para-hydroxylation sites is 2. The van der Waals surface area contributed by atoms with Crippen LogP contribution in [0.3, 0.4) is 0 Å². The zero-order chi connectivity index (χ0) is 13.0. The summed E-state index contributed by atoms with van der Waals surface area (Å²) in [6, 6.07) is 8.09. The fraction of sp³-hybridized carbons (Fsp3) is 0.154. The minimum Gasteiger partial charge on any atom is -0.326 e. The Morgan fingerprint density at radius 1 is 1.16 bits per heavy atom. The number of benzene rings is 1. The van der Waals surface area contributed by atoms with E-state index in [1.807, 2.05) is 42.9 Å². The number of rotatable bonds is 1. The summed E-state index contributed by atoms with van der Waals surface area (Å²) in [5.74, 6) is 0.872. The zero-order valence-electron chi connectivity index (χ0n) is 10.5. The first kappa shape index (κ1) is 10.7. The Morgan fingerprint density at radius 3 is 2.79 bits per heavy atom. The second-order valence-corrected chi connectivity index (χ2v) is 5.62. The summed E-state index contributed by atoms with van der Waals surface area (Å²) in [5.41, 5.74) is 2.95. The van der Waals surface area contributed by atoms with E-state index in [0.717, 1.165) is 32.5 Å². The molecule has 0 fully saturated rings. The van der Waals surface area contributed by atoms with Crippen LogP contribution in [0.2, 0.25) is 0 Å². The summed E-state index contributed by atoms with van der Waals surface area (Å²) in [4.78, 5) is 10.1. The summed E-state index contributed by atoms with van der Waals surface area (Å²) in [6.07, 6.45) is 1.93. The van der Waals surface area contributed by atoms with Crippen LogP contribution in [0, 0.1) is 6.92 Å². The third-order valence-electron chi connectivity index (χ3n) is 3.16. The maximum absolute atomic E-state index is 4.64. The van der Waals surface area contributed by atoms with Crippen LogP contribution in [0.25, 0.3) is 27.5 Å². The molecule has 5 nitrogen and oxygen atoms in total. The Balaban J connectivity index is 1.97. The third kappa shape index (κ3) is 1.50. The van der Waals surface area contributed by atoms with Crippen molar-refractivity contribution in [3.05, 3.63) is 35.5 Å². The van der Waals surface area contributed by atoms with Crippen molar-refractivity contribution in [2.24, 2.45) is 7.05 Å². The monoisotopic (exact) mass is 269 g/mol. The quantitative estimate of drug-likeness (QED) is 0.534. The van der Waals surface area contributed by atoms with E-state index in [1.54, 1.807) is 11.3 Å². The van der Waals surface area contributed by atoms with Gasteiger partial charge in [-0.1, -0.05) is 23.5 Å². The van der Waals surface area contributed by atoms with Gasteiger partial charge in [0.05, 0.1) is 17.2 Å². The van der Waals surface area contributed by atoms with Crippen LogP contribution in [0.5, 0.6) is 0 Å². The maximum Gasteiger partial charge on any atom is 0.212 e. The molecule has 1 aromatic carbocycles. The van der Waals surface area contributed by atoms with Crippen LogP contribution >= 0.6 is 11.3 Å². The van der Waals surface area contributed by atoms with Gasteiger partial charge in [0.2, 0.25) is 4.96 Å². The lowest BCUT2D eigenvalue weighted by Crippen LogP contribution is -1.92. The molecule has 0 spiro atoms. The molecule has 0 aliphatic carbocycles. The number of imidazole rings is 2. The van der Waals surface area contributed by atoms with Crippen molar-refractivity contribution in [3.8, 4) is 11.5 Å². The Kier molecular flexibility index (Phi) is 2.05. The Morgan fingerprint density at radius 2 is 2.00 bits per heavy atom. The number of aromatic nitrogens is 5. The Bertz CT molecular complexity index is 867. The average molecular weight is 269 g/mol.